The summed E-state index contributed by atoms with van der Waals surface area (Å²) in [5.41, 5.74) is 1.49. The lowest BCUT2D eigenvalue weighted by molar-refractivity contribution is -0.152. The van der Waals surface area contributed by atoms with Crippen molar-refractivity contribution in [1.82, 2.24) is 5.32 Å². The highest BCUT2D eigenvalue weighted by Gasteiger charge is 2.40. The monoisotopic (exact) mass is 277 g/mol. The maximum atomic E-state index is 12.5. The van der Waals surface area contributed by atoms with Crippen LogP contribution in [-0.2, 0) is 21.5 Å². The third kappa shape index (κ3) is 3.60. The van der Waals surface area contributed by atoms with Crippen LogP contribution in [0.4, 0.5) is 0 Å². The third-order valence-electron chi connectivity index (χ3n) is 3.54. The Morgan fingerprint density at radius 1 is 1.20 bits per heavy atom. The smallest absolute Gasteiger partial charge is 0.330 e. The number of carbonyl (C=O) groups is 1. The second-order valence-electron chi connectivity index (χ2n) is 5.33. The lowest BCUT2D eigenvalue weighted by atomic mass is 9.85. The van der Waals surface area contributed by atoms with Gasteiger partial charge in [-0.2, -0.15) is 0 Å². The van der Waals surface area contributed by atoms with E-state index in [1.807, 2.05) is 39.8 Å². The van der Waals surface area contributed by atoms with E-state index >= 15 is 0 Å². The number of ether oxygens (including phenoxy) is 1. The van der Waals surface area contributed by atoms with Crippen molar-refractivity contribution in [3.8, 4) is 0 Å². The first-order chi connectivity index (χ1) is 9.50. The molecule has 0 bridgehead atoms. The summed E-state index contributed by atoms with van der Waals surface area (Å²) in [7, 11) is 0. The molecular formula is C17H27NO2. The highest BCUT2D eigenvalue weighted by Crippen LogP contribution is 2.28. The first-order valence-corrected chi connectivity index (χ1v) is 7.54. The fourth-order valence-electron chi connectivity index (χ4n) is 2.48. The zero-order valence-corrected chi connectivity index (χ0v) is 13.3. The van der Waals surface area contributed by atoms with Crippen molar-refractivity contribution < 1.29 is 9.53 Å². The fourth-order valence-corrected chi connectivity index (χ4v) is 2.48. The van der Waals surface area contributed by atoms with Crippen LogP contribution in [0.5, 0.6) is 0 Å². The zero-order valence-electron chi connectivity index (χ0n) is 13.3. The average molecular weight is 277 g/mol. The molecule has 3 heteroatoms. The van der Waals surface area contributed by atoms with Crippen LogP contribution >= 0.6 is 0 Å². The molecule has 0 aliphatic carbocycles. The molecule has 1 aromatic carbocycles. The molecule has 0 heterocycles. The minimum atomic E-state index is -0.754. The van der Waals surface area contributed by atoms with E-state index in [0.29, 0.717) is 13.0 Å². The second kappa shape index (κ2) is 7.44. The van der Waals surface area contributed by atoms with E-state index < -0.39 is 5.54 Å². The van der Waals surface area contributed by atoms with Gasteiger partial charge in [-0.25, -0.2) is 4.79 Å². The van der Waals surface area contributed by atoms with Gasteiger partial charge in [-0.1, -0.05) is 38.1 Å². The number of benzene rings is 1. The van der Waals surface area contributed by atoms with E-state index in [4.69, 9.17) is 4.74 Å². The van der Waals surface area contributed by atoms with Crippen molar-refractivity contribution in [3.63, 3.8) is 0 Å². The molecule has 1 rings (SSSR count). The maximum Gasteiger partial charge on any atom is 0.330 e. The molecule has 0 aromatic heterocycles. The first-order valence-electron chi connectivity index (χ1n) is 7.54. The van der Waals surface area contributed by atoms with Crippen molar-refractivity contribution in [2.45, 2.75) is 59.0 Å². The molecule has 20 heavy (non-hydrogen) atoms. The summed E-state index contributed by atoms with van der Waals surface area (Å²) in [4.78, 5) is 12.5. The molecule has 0 aliphatic heterocycles. The minimum absolute atomic E-state index is 0.194. The van der Waals surface area contributed by atoms with E-state index in [0.717, 1.165) is 12.0 Å². The molecule has 0 spiro atoms. The van der Waals surface area contributed by atoms with Gasteiger partial charge >= 0.3 is 5.97 Å². The molecule has 3 nitrogen and oxygen atoms in total. The van der Waals surface area contributed by atoms with Gasteiger partial charge < -0.3 is 4.74 Å². The zero-order chi connectivity index (χ0) is 15.2. The number of aryl methyl sites for hydroxylation is 1. The van der Waals surface area contributed by atoms with E-state index in [1.54, 1.807) is 0 Å². The highest BCUT2D eigenvalue weighted by atomic mass is 16.5. The molecule has 0 aliphatic rings. The van der Waals surface area contributed by atoms with Crippen LogP contribution < -0.4 is 5.32 Å². The molecule has 1 unspecified atom stereocenters. The standard InChI is InChI=1S/C17H27NO2/c1-6-14-9-11-15(12-10-14)17(7-2,18-13(4)5)16(19)20-8-3/h9-13,18H,6-8H2,1-5H3. The number of nitrogens with one attached hydrogen (secondary N) is 1. The predicted molar refractivity (Wildman–Crippen MR) is 82.7 cm³/mol. The summed E-state index contributed by atoms with van der Waals surface area (Å²) in [6.07, 6.45) is 1.66. The second-order valence-corrected chi connectivity index (χ2v) is 5.33. The van der Waals surface area contributed by atoms with Crippen molar-refractivity contribution >= 4 is 5.97 Å². The molecule has 0 fully saturated rings. The Hall–Kier alpha value is -1.35. The average Bonchev–Trinajstić information content (AvgIpc) is 2.45. The SMILES string of the molecule is CCOC(=O)C(CC)(NC(C)C)c1ccc(CC)cc1. The first kappa shape index (κ1) is 16.7. The van der Waals surface area contributed by atoms with Crippen LogP contribution in [0.15, 0.2) is 24.3 Å². The molecular weight excluding hydrogens is 250 g/mol. The molecule has 0 amide bonds. The van der Waals surface area contributed by atoms with Crippen molar-refractivity contribution in [2.24, 2.45) is 0 Å². The van der Waals surface area contributed by atoms with Gasteiger partial charge in [0.2, 0.25) is 0 Å². The fraction of sp³-hybridized carbons (Fsp3) is 0.588. The normalized spacial score (nSPS) is 14.1. The van der Waals surface area contributed by atoms with Gasteiger partial charge in [0.25, 0.3) is 0 Å². The minimum Gasteiger partial charge on any atom is -0.464 e. The molecule has 1 aromatic rings. The third-order valence-corrected chi connectivity index (χ3v) is 3.54. The Bertz CT molecular complexity index is 425. The Labute approximate surface area is 122 Å². The molecule has 0 saturated carbocycles. The van der Waals surface area contributed by atoms with Crippen molar-refractivity contribution in [3.05, 3.63) is 35.4 Å². The highest BCUT2D eigenvalue weighted by molar-refractivity contribution is 5.82. The number of hydrogen-bond donors (Lipinski definition) is 1. The molecule has 1 atom stereocenters. The molecule has 0 saturated heterocycles. The van der Waals surface area contributed by atoms with Gasteiger partial charge in [-0.05, 0) is 44.7 Å². The van der Waals surface area contributed by atoms with Crippen LogP contribution in [0.25, 0.3) is 0 Å². The van der Waals surface area contributed by atoms with Gasteiger partial charge in [-0.15, -0.1) is 0 Å². The number of rotatable bonds is 7. The molecule has 112 valence electrons. The quantitative estimate of drug-likeness (QED) is 0.776. The summed E-state index contributed by atoms with van der Waals surface area (Å²) < 4.78 is 5.31. The molecule has 0 radical (unpaired) electrons. The number of esters is 1. The predicted octanol–water partition coefficient (Wildman–Crippen LogP) is 3.42. The van der Waals surface area contributed by atoms with Gasteiger partial charge in [0, 0.05) is 6.04 Å². The Kier molecular flexibility index (Phi) is 6.21. The van der Waals surface area contributed by atoms with Gasteiger partial charge in [-0.3, -0.25) is 5.32 Å². The summed E-state index contributed by atoms with van der Waals surface area (Å²) in [6, 6.07) is 8.44. The van der Waals surface area contributed by atoms with E-state index in [1.165, 1.54) is 5.56 Å². The van der Waals surface area contributed by atoms with E-state index in [-0.39, 0.29) is 12.0 Å². The van der Waals surface area contributed by atoms with Gasteiger partial charge in [0.15, 0.2) is 0 Å². The number of hydrogen-bond acceptors (Lipinski definition) is 3. The summed E-state index contributed by atoms with van der Waals surface area (Å²) in [6.45, 7) is 10.5. The maximum absolute atomic E-state index is 12.5. The summed E-state index contributed by atoms with van der Waals surface area (Å²) in [5, 5.41) is 3.41. The summed E-state index contributed by atoms with van der Waals surface area (Å²) in [5.74, 6) is -0.194. The van der Waals surface area contributed by atoms with E-state index in [9.17, 15) is 4.79 Å². The van der Waals surface area contributed by atoms with Gasteiger partial charge in [0.05, 0.1) is 6.61 Å². The van der Waals surface area contributed by atoms with Crippen LogP contribution in [0.2, 0.25) is 0 Å². The Morgan fingerprint density at radius 2 is 1.80 bits per heavy atom. The van der Waals surface area contributed by atoms with Gasteiger partial charge in [0.1, 0.15) is 5.54 Å². The molecule has 1 N–H and O–H groups in total. The van der Waals surface area contributed by atoms with Crippen LogP contribution in [0, 0.1) is 0 Å². The van der Waals surface area contributed by atoms with Crippen LogP contribution in [-0.4, -0.2) is 18.6 Å². The van der Waals surface area contributed by atoms with Crippen LogP contribution in [0.1, 0.15) is 52.2 Å². The number of carbonyl (C=O) groups excluding carboxylic acids is 1. The lowest BCUT2D eigenvalue weighted by Crippen LogP contribution is -2.52. The topological polar surface area (TPSA) is 38.3 Å². The Balaban J connectivity index is 3.22. The largest absolute Gasteiger partial charge is 0.464 e. The van der Waals surface area contributed by atoms with Crippen molar-refractivity contribution in [2.75, 3.05) is 6.61 Å². The van der Waals surface area contributed by atoms with Crippen LogP contribution in [0.3, 0.4) is 0 Å². The lowest BCUT2D eigenvalue weighted by Gasteiger charge is -2.34. The van der Waals surface area contributed by atoms with Crippen molar-refractivity contribution in [1.29, 1.82) is 0 Å². The Morgan fingerprint density at radius 3 is 2.20 bits per heavy atom. The van der Waals surface area contributed by atoms with E-state index in [2.05, 4.69) is 24.4 Å². The summed E-state index contributed by atoms with van der Waals surface area (Å²) >= 11 is 0.